The molecule has 1 N–H and O–H groups in total. The van der Waals surface area contributed by atoms with Crippen molar-refractivity contribution in [1.82, 2.24) is 10.3 Å². The van der Waals surface area contributed by atoms with Crippen LogP contribution in [0, 0.1) is 0 Å². The van der Waals surface area contributed by atoms with Gasteiger partial charge in [0.1, 0.15) is 5.01 Å². The summed E-state index contributed by atoms with van der Waals surface area (Å²) in [6.45, 7) is 3.95. The maximum atomic E-state index is 11.2. The molecule has 0 bridgehead atoms. The largest absolute Gasteiger partial charge is 0.346 e. The van der Waals surface area contributed by atoms with Crippen LogP contribution in [0.2, 0.25) is 0 Å². The molecule has 1 atom stereocenters. The lowest BCUT2D eigenvalue weighted by atomic mass is 9.85. The molecule has 3 rings (SSSR count). The molecule has 0 spiro atoms. The lowest BCUT2D eigenvalue weighted by Gasteiger charge is -2.21. The van der Waals surface area contributed by atoms with Crippen molar-refractivity contribution in [2.45, 2.75) is 31.7 Å². The predicted octanol–water partition coefficient (Wildman–Crippen LogP) is 3.22. The molecule has 21 heavy (non-hydrogen) atoms. The van der Waals surface area contributed by atoms with Gasteiger partial charge in [0.05, 0.1) is 12.2 Å². The number of amides is 1. The fraction of sp³-hybridized carbons (Fsp3) is 0.294. The van der Waals surface area contributed by atoms with Crippen molar-refractivity contribution in [2.24, 2.45) is 0 Å². The highest BCUT2D eigenvalue weighted by molar-refractivity contribution is 7.11. The van der Waals surface area contributed by atoms with Crippen LogP contribution in [0.4, 0.5) is 0 Å². The first-order valence-electron chi connectivity index (χ1n) is 7.19. The minimum atomic E-state index is -0.148. The molecule has 2 aromatic rings. The van der Waals surface area contributed by atoms with Gasteiger partial charge in [0, 0.05) is 4.88 Å². The molecule has 0 saturated heterocycles. The first kappa shape index (κ1) is 14.0. The number of nitrogens with one attached hydrogen (secondary N) is 1. The summed E-state index contributed by atoms with van der Waals surface area (Å²) in [5.74, 6) is 0.445. The second-order valence-electron chi connectivity index (χ2n) is 5.25. The van der Waals surface area contributed by atoms with E-state index in [1.807, 2.05) is 0 Å². The van der Waals surface area contributed by atoms with Crippen LogP contribution in [0.5, 0.6) is 0 Å². The topological polar surface area (TPSA) is 42.0 Å². The molecule has 1 amide bonds. The highest BCUT2D eigenvalue weighted by Gasteiger charge is 2.23. The second-order valence-corrected chi connectivity index (χ2v) is 6.42. The molecule has 1 aliphatic rings. The van der Waals surface area contributed by atoms with Gasteiger partial charge in [-0.25, -0.2) is 4.98 Å². The summed E-state index contributed by atoms with van der Waals surface area (Å²) in [4.78, 5) is 17.2. The van der Waals surface area contributed by atoms with Gasteiger partial charge in [-0.05, 0) is 36.8 Å². The third-order valence-corrected chi connectivity index (χ3v) is 4.97. The Morgan fingerprint density at radius 2 is 2.24 bits per heavy atom. The molecule has 1 aromatic heterocycles. The van der Waals surface area contributed by atoms with E-state index in [1.54, 1.807) is 11.3 Å². The zero-order valence-electron chi connectivity index (χ0n) is 11.8. The molecule has 0 aliphatic heterocycles. The summed E-state index contributed by atoms with van der Waals surface area (Å²) in [7, 11) is 0. The highest BCUT2D eigenvalue weighted by Crippen LogP contribution is 2.35. The maximum absolute atomic E-state index is 11.2. The second kappa shape index (κ2) is 6.22. The van der Waals surface area contributed by atoms with Gasteiger partial charge in [0.25, 0.3) is 0 Å². The fourth-order valence-electron chi connectivity index (χ4n) is 2.75. The molecule has 0 unspecified atom stereocenters. The zero-order chi connectivity index (χ0) is 14.7. The van der Waals surface area contributed by atoms with Crippen LogP contribution in [0.15, 0.2) is 43.0 Å². The fourth-order valence-corrected chi connectivity index (χ4v) is 3.88. The number of hydrogen-bond donors (Lipinski definition) is 1. The third kappa shape index (κ3) is 3.22. The van der Waals surface area contributed by atoms with E-state index in [0.717, 1.165) is 24.3 Å². The number of aromatic nitrogens is 1. The molecular formula is C17H18N2OS. The van der Waals surface area contributed by atoms with Crippen LogP contribution in [0.3, 0.4) is 0 Å². The Balaban J connectivity index is 1.70. The Hall–Kier alpha value is -1.94. The molecule has 3 nitrogen and oxygen atoms in total. The van der Waals surface area contributed by atoms with E-state index in [-0.39, 0.29) is 5.91 Å². The number of carbonyl (C=O) groups excluding carboxylic acids is 1. The van der Waals surface area contributed by atoms with Gasteiger partial charge in [-0.15, -0.1) is 11.3 Å². The van der Waals surface area contributed by atoms with Crippen LogP contribution in [0.1, 0.15) is 33.5 Å². The highest BCUT2D eigenvalue weighted by atomic mass is 32.1. The van der Waals surface area contributed by atoms with Crippen molar-refractivity contribution in [3.05, 3.63) is 64.1 Å². The van der Waals surface area contributed by atoms with Crippen LogP contribution in [-0.2, 0) is 24.2 Å². The minimum absolute atomic E-state index is 0.148. The number of fused-ring (bicyclic) bond motifs is 1. The molecule has 108 valence electrons. The smallest absolute Gasteiger partial charge is 0.243 e. The Labute approximate surface area is 128 Å². The van der Waals surface area contributed by atoms with E-state index in [4.69, 9.17) is 0 Å². The predicted molar refractivity (Wildman–Crippen MR) is 85.4 cm³/mol. The van der Waals surface area contributed by atoms with Gasteiger partial charge >= 0.3 is 0 Å². The lowest BCUT2D eigenvalue weighted by molar-refractivity contribution is -0.116. The van der Waals surface area contributed by atoms with Crippen molar-refractivity contribution in [2.75, 3.05) is 0 Å². The normalized spacial score (nSPS) is 17.0. The summed E-state index contributed by atoms with van der Waals surface area (Å²) >= 11 is 1.73. The summed E-state index contributed by atoms with van der Waals surface area (Å²) < 4.78 is 0. The van der Waals surface area contributed by atoms with E-state index < -0.39 is 0 Å². The Morgan fingerprint density at radius 3 is 3.00 bits per heavy atom. The SMILES string of the molecule is C=CC(=O)NCc1nc2c(s1)C[C@@H](c1ccccc1)CC2. The van der Waals surface area contributed by atoms with Crippen molar-refractivity contribution >= 4 is 17.2 Å². The first-order chi connectivity index (χ1) is 10.3. The van der Waals surface area contributed by atoms with E-state index in [1.165, 1.54) is 22.2 Å². The number of thiazole rings is 1. The molecule has 1 aliphatic carbocycles. The average Bonchev–Trinajstić information content (AvgIpc) is 2.95. The van der Waals surface area contributed by atoms with Crippen LogP contribution < -0.4 is 5.32 Å². The quantitative estimate of drug-likeness (QED) is 0.881. The van der Waals surface area contributed by atoms with Crippen LogP contribution in [0.25, 0.3) is 0 Å². The summed E-state index contributed by atoms with van der Waals surface area (Å²) in [5.41, 5.74) is 2.63. The number of hydrogen-bond acceptors (Lipinski definition) is 3. The standard InChI is InChI=1S/C17H18N2OS/c1-2-16(20)18-11-17-19-14-9-8-13(10-15(14)21-17)12-6-4-3-5-7-12/h2-7,13H,1,8-11H2,(H,18,20)/t13-/m0/s1. The van der Waals surface area contributed by atoms with Crippen molar-refractivity contribution in [1.29, 1.82) is 0 Å². The Kier molecular flexibility index (Phi) is 4.15. The van der Waals surface area contributed by atoms with Gasteiger partial charge in [0.2, 0.25) is 5.91 Å². The van der Waals surface area contributed by atoms with Gasteiger partial charge in [-0.2, -0.15) is 0 Å². The molecule has 0 radical (unpaired) electrons. The number of nitrogens with zero attached hydrogens (tertiary/aromatic N) is 1. The van der Waals surface area contributed by atoms with Gasteiger partial charge < -0.3 is 5.32 Å². The number of benzene rings is 1. The maximum Gasteiger partial charge on any atom is 0.243 e. The molecule has 4 heteroatoms. The van der Waals surface area contributed by atoms with Crippen LogP contribution >= 0.6 is 11.3 Å². The number of rotatable bonds is 4. The third-order valence-electron chi connectivity index (χ3n) is 3.85. The lowest BCUT2D eigenvalue weighted by Crippen LogP contribution is -2.19. The van der Waals surface area contributed by atoms with E-state index in [2.05, 4.69) is 47.2 Å². The van der Waals surface area contributed by atoms with E-state index in [0.29, 0.717) is 12.5 Å². The molecule has 1 aromatic carbocycles. The summed E-state index contributed by atoms with van der Waals surface area (Å²) in [6, 6.07) is 10.7. The number of aryl methyl sites for hydroxylation is 1. The summed E-state index contributed by atoms with van der Waals surface area (Å²) in [5, 5.41) is 3.78. The van der Waals surface area contributed by atoms with Crippen molar-refractivity contribution in [3.8, 4) is 0 Å². The van der Waals surface area contributed by atoms with Gasteiger partial charge in [-0.3, -0.25) is 4.79 Å². The van der Waals surface area contributed by atoms with E-state index in [9.17, 15) is 4.79 Å². The monoisotopic (exact) mass is 298 g/mol. The zero-order valence-corrected chi connectivity index (χ0v) is 12.7. The average molecular weight is 298 g/mol. The van der Waals surface area contributed by atoms with Gasteiger partial charge in [0.15, 0.2) is 0 Å². The molecule has 1 heterocycles. The first-order valence-corrected chi connectivity index (χ1v) is 8.00. The van der Waals surface area contributed by atoms with Gasteiger partial charge in [-0.1, -0.05) is 36.9 Å². The molecular weight excluding hydrogens is 280 g/mol. The number of carbonyl (C=O) groups is 1. The molecule has 0 saturated carbocycles. The van der Waals surface area contributed by atoms with Crippen molar-refractivity contribution in [3.63, 3.8) is 0 Å². The van der Waals surface area contributed by atoms with Crippen LogP contribution in [-0.4, -0.2) is 10.9 Å². The molecule has 0 fully saturated rings. The van der Waals surface area contributed by atoms with E-state index >= 15 is 0 Å². The minimum Gasteiger partial charge on any atom is -0.346 e. The summed E-state index contributed by atoms with van der Waals surface area (Å²) in [6.07, 6.45) is 4.53. The Morgan fingerprint density at radius 1 is 1.43 bits per heavy atom. The van der Waals surface area contributed by atoms with Crippen molar-refractivity contribution < 1.29 is 4.79 Å². The Bertz CT molecular complexity index is 648.